The van der Waals surface area contributed by atoms with Crippen LogP contribution in [0.25, 0.3) is 0 Å². The fraction of sp³-hybridized carbons (Fsp3) is 0.571. The first-order valence-electron chi connectivity index (χ1n) is 6.20. The van der Waals surface area contributed by atoms with E-state index in [1.807, 2.05) is 12.1 Å². The molecule has 0 aliphatic rings. The summed E-state index contributed by atoms with van der Waals surface area (Å²) in [5.41, 5.74) is 7.76. The minimum atomic E-state index is 0.698. The number of nitrogens with two attached hydrogens (primary N) is 1. The lowest BCUT2D eigenvalue weighted by atomic mass is 9.85. The summed E-state index contributed by atoms with van der Waals surface area (Å²) < 4.78 is 1.19. The van der Waals surface area contributed by atoms with E-state index in [4.69, 9.17) is 5.73 Å². The fourth-order valence-corrected chi connectivity index (χ4v) is 2.87. The van der Waals surface area contributed by atoms with Crippen molar-refractivity contribution in [3.05, 3.63) is 21.8 Å². The molecule has 0 heterocycles. The van der Waals surface area contributed by atoms with Gasteiger partial charge in [-0.15, -0.1) is 0 Å². The molecule has 17 heavy (non-hydrogen) atoms. The second-order valence-electron chi connectivity index (χ2n) is 5.27. The van der Waals surface area contributed by atoms with Gasteiger partial charge in [0.2, 0.25) is 0 Å². The molecule has 1 rings (SSSR count). The molecular weight excluding hydrogens is 323 g/mol. The normalized spacial score (nSPS) is 11.5. The van der Waals surface area contributed by atoms with E-state index >= 15 is 0 Å². The first-order chi connectivity index (χ1) is 7.91. The average Bonchev–Trinajstić information content (AvgIpc) is 2.20. The van der Waals surface area contributed by atoms with Crippen molar-refractivity contribution >= 4 is 34.0 Å². The van der Waals surface area contributed by atoms with Crippen LogP contribution in [-0.4, -0.2) is 6.54 Å². The monoisotopic (exact) mass is 346 g/mol. The predicted octanol–water partition coefficient (Wildman–Crippen LogP) is 4.21. The van der Waals surface area contributed by atoms with Gasteiger partial charge >= 0.3 is 0 Å². The number of halogens is 1. The van der Waals surface area contributed by atoms with Crippen LogP contribution in [0.5, 0.6) is 0 Å². The molecule has 3 N–H and O–H groups in total. The number of rotatable bonds is 5. The van der Waals surface area contributed by atoms with Crippen molar-refractivity contribution in [3.63, 3.8) is 0 Å². The summed E-state index contributed by atoms with van der Waals surface area (Å²) in [6.07, 6.45) is 0. The van der Waals surface area contributed by atoms with Crippen LogP contribution in [-0.2, 0) is 0 Å². The third kappa shape index (κ3) is 4.37. The quantitative estimate of drug-likeness (QED) is 0.619. The van der Waals surface area contributed by atoms with E-state index in [0.717, 1.165) is 12.2 Å². The molecule has 3 heteroatoms. The summed E-state index contributed by atoms with van der Waals surface area (Å²) in [4.78, 5) is 0. The first-order valence-corrected chi connectivity index (χ1v) is 7.28. The Morgan fingerprint density at radius 2 is 1.76 bits per heavy atom. The smallest absolute Gasteiger partial charge is 0.0477 e. The van der Waals surface area contributed by atoms with Gasteiger partial charge in [-0.1, -0.05) is 27.7 Å². The molecule has 0 fully saturated rings. The number of nitrogen functional groups attached to an aromatic ring is 1. The molecule has 0 spiro atoms. The van der Waals surface area contributed by atoms with Gasteiger partial charge in [-0.3, -0.25) is 0 Å². The zero-order chi connectivity index (χ0) is 13.0. The van der Waals surface area contributed by atoms with Crippen LogP contribution in [0.3, 0.4) is 0 Å². The molecular formula is C14H23IN2. The summed E-state index contributed by atoms with van der Waals surface area (Å²) in [7, 11) is 0. The molecule has 0 aliphatic carbocycles. The zero-order valence-corrected chi connectivity index (χ0v) is 13.3. The van der Waals surface area contributed by atoms with Gasteiger partial charge in [-0.05, 0) is 58.5 Å². The van der Waals surface area contributed by atoms with Gasteiger partial charge in [0.1, 0.15) is 0 Å². The lowest BCUT2D eigenvalue weighted by Gasteiger charge is -2.25. The van der Waals surface area contributed by atoms with Crippen molar-refractivity contribution in [2.75, 3.05) is 17.6 Å². The van der Waals surface area contributed by atoms with E-state index < -0.39 is 0 Å². The van der Waals surface area contributed by atoms with E-state index in [2.05, 4.69) is 61.7 Å². The van der Waals surface area contributed by atoms with Crippen molar-refractivity contribution in [1.29, 1.82) is 0 Å². The molecule has 0 bridgehead atoms. The van der Waals surface area contributed by atoms with Crippen LogP contribution in [0.2, 0.25) is 0 Å². The number of hydrogen-bond acceptors (Lipinski definition) is 2. The lowest BCUT2D eigenvalue weighted by molar-refractivity contribution is 0.304. The minimum absolute atomic E-state index is 0.698. The fourth-order valence-electron chi connectivity index (χ4n) is 2.14. The second-order valence-corrected chi connectivity index (χ2v) is 6.43. The maximum absolute atomic E-state index is 5.75. The number of benzene rings is 1. The summed E-state index contributed by atoms with van der Waals surface area (Å²) in [6.45, 7) is 10.2. The number of hydrogen-bond donors (Lipinski definition) is 2. The number of nitrogens with one attached hydrogen (secondary N) is 1. The van der Waals surface area contributed by atoms with Crippen LogP contribution in [0.4, 0.5) is 11.4 Å². The van der Waals surface area contributed by atoms with E-state index in [9.17, 15) is 0 Å². The molecule has 0 amide bonds. The standard InChI is InChI=1S/C14H23IN2/c1-9(2)12(10(3)4)8-17-14-6-5-11(16)7-13(14)15/h5-7,9-10,12,17H,8,16H2,1-4H3. The third-order valence-corrected chi connectivity index (χ3v) is 4.13. The van der Waals surface area contributed by atoms with Gasteiger partial charge in [-0.2, -0.15) is 0 Å². The molecule has 2 nitrogen and oxygen atoms in total. The van der Waals surface area contributed by atoms with Gasteiger partial charge in [0.15, 0.2) is 0 Å². The van der Waals surface area contributed by atoms with Crippen molar-refractivity contribution in [3.8, 4) is 0 Å². The Hall–Kier alpha value is -0.450. The van der Waals surface area contributed by atoms with Crippen molar-refractivity contribution in [2.45, 2.75) is 27.7 Å². The van der Waals surface area contributed by atoms with Crippen molar-refractivity contribution in [1.82, 2.24) is 0 Å². The van der Waals surface area contributed by atoms with Gasteiger partial charge in [-0.25, -0.2) is 0 Å². The van der Waals surface area contributed by atoms with Gasteiger partial charge in [0.05, 0.1) is 0 Å². The van der Waals surface area contributed by atoms with Gasteiger partial charge in [0, 0.05) is 21.5 Å². The molecule has 0 unspecified atom stereocenters. The van der Waals surface area contributed by atoms with Crippen LogP contribution in [0.1, 0.15) is 27.7 Å². The Balaban J connectivity index is 2.65. The maximum atomic E-state index is 5.75. The van der Waals surface area contributed by atoms with Crippen molar-refractivity contribution < 1.29 is 0 Å². The largest absolute Gasteiger partial charge is 0.399 e. The summed E-state index contributed by atoms with van der Waals surface area (Å²) in [5.74, 6) is 2.10. The van der Waals surface area contributed by atoms with E-state index in [1.54, 1.807) is 0 Å². The van der Waals surface area contributed by atoms with E-state index in [-0.39, 0.29) is 0 Å². The molecule has 0 saturated heterocycles. The average molecular weight is 346 g/mol. The first kappa shape index (κ1) is 14.6. The molecule has 1 aromatic carbocycles. The molecule has 0 atom stereocenters. The van der Waals surface area contributed by atoms with E-state index in [1.165, 1.54) is 9.26 Å². The molecule has 0 aliphatic heterocycles. The summed E-state index contributed by atoms with van der Waals surface area (Å²) in [5, 5.41) is 3.54. The number of anilines is 2. The van der Waals surface area contributed by atoms with E-state index in [0.29, 0.717) is 17.8 Å². The SMILES string of the molecule is CC(C)C(CNc1ccc(N)cc1I)C(C)C. The third-order valence-electron chi connectivity index (χ3n) is 3.23. The zero-order valence-electron chi connectivity index (χ0n) is 11.1. The van der Waals surface area contributed by atoms with Crippen molar-refractivity contribution in [2.24, 2.45) is 17.8 Å². The highest BCUT2D eigenvalue weighted by Crippen LogP contribution is 2.24. The summed E-state index contributed by atoms with van der Waals surface area (Å²) in [6, 6.07) is 6.02. The van der Waals surface area contributed by atoms with Crippen LogP contribution >= 0.6 is 22.6 Å². The van der Waals surface area contributed by atoms with Gasteiger partial charge in [0.25, 0.3) is 0 Å². The van der Waals surface area contributed by atoms with Crippen LogP contribution in [0.15, 0.2) is 18.2 Å². The molecule has 0 saturated carbocycles. The summed E-state index contributed by atoms with van der Waals surface area (Å²) >= 11 is 2.32. The predicted molar refractivity (Wildman–Crippen MR) is 85.2 cm³/mol. The minimum Gasteiger partial charge on any atom is -0.399 e. The van der Waals surface area contributed by atoms with Crippen LogP contribution in [0, 0.1) is 21.3 Å². The lowest BCUT2D eigenvalue weighted by Crippen LogP contribution is -2.24. The topological polar surface area (TPSA) is 38.0 Å². The maximum Gasteiger partial charge on any atom is 0.0477 e. The highest BCUT2D eigenvalue weighted by atomic mass is 127. The Morgan fingerprint density at radius 1 is 1.18 bits per heavy atom. The van der Waals surface area contributed by atoms with Gasteiger partial charge < -0.3 is 11.1 Å². The Morgan fingerprint density at radius 3 is 2.24 bits per heavy atom. The molecule has 96 valence electrons. The molecule has 0 aromatic heterocycles. The second kappa shape index (κ2) is 6.47. The Bertz CT molecular complexity index is 353. The highest BCUT2D eigenvalue weighted by Gasteiger charge is 2.17. The molecule has 0 radical (unpaired) electrons. The van der Waals surface area contributed by atoms with Crippen LogP contribution < -0.4 is 11.1 Å². The Labute approximate surface area is 119 Å². The molecule has 1 aromatic rings. The highest BCUT2D eigenvalue weighted by molar-refractivity contribution is 14.1. The Kier molecular flexibility index (Phi) is 5.56.